The second-order valence-corrected chi connectivity index (χ2v) is 7.61. The van der Waals surface area contributed by atoms with Crippen LogP contribution in [-0.2, 0) is 16.1 Å². The first-order valence-electron chi connectivity index (χ1n) is 10.7. The molecular formula is C27H24O6. The van der Waals surface area contributed by atoms with Crippen LogP contribution in [0.25, 0.3) is 11.0 Å². The second kappa shape index (κ2) is 10.0. The standard InChI is InChI=1S/C27H24O6/c1-3-23(27(29)31-16-19-7-5-4-6-8-19)33-21-13-14-22-24(15-21)30-17-25(26(22)28)32-20-11-9-18(2)10-12-20/h4-15,17,23H,3,16H2,1-2H3. The van der Waals surface area contributed by atoms with Crippen molar-refractivity contribution in [3.63, 3.8) is 0 Å². The van der Waals surface area contributed by atoms with Gasteiger partial charge in [-0.25, -0.2) is 4.79 Å². The van der Waals surface area contributed by atoms with Gasteiger partial charge in [0.1, 0.15) is 30.0 Å². The molecule has 1 heterocycles. The van der Waals surface area contributed by atoms with E-state index in [1.165, 1.54) is 6.26 Å². The normalized spacial score (nSPS) is 11.7. The highest BCUT2D eigenvalue weighted by Gasteiger charge is 2.21. The smallest absolute Gasteiger partial charge is 0.347 e. The minimum Gasteiger partial charge on any atom is -0.479 e. The lowest BCUT2D eigenvalue weighted by molar-refractivity contribution is -0.153. The number of benzene rings is 3. The predicted molar refractivity (Wildman–Crippen MR) is 125 cm³/mol. The van der Waals surface area contributed by atoms with Crippen molar-refractivity contribution in [3.05, 3.63) is 100 Å². The molecule has 0 N–H and O–H groups in total. The Hall–Kier alpha value is -4.06. The third kappa shape index (κ3) is 5.41. The van der Waals surface area contributed by atoms with Gasteiger partial charge in [-0.05, 0) is 43.2 Å². The van der Waals surface area contributed by atoms with Crippen LogP contribution in [0.5, 0.6) is 17.2 Å². The minimum absolute atomic E-state index is 0.0935. The summed E-state index contributed by atoms with van der Waals surface area (Å²) < 4.78 is 22.5. The Labute approximate surface area is 191 Å². The molecule has 4 rings (SSSR count). The zero-order valence-electron chi connectivity index (χ0n) is 18.4. The SMILES string of the molecule is CCC(Oc1ccc2c(=O)c(Oc3ccc(C)cc3)coc2c1)C(=O)OCc1ccccc1. The van der Waals surface area contributed by atoms with E-state index >= 15 is 0 Å². The highest BCUT2D eigenvalue weighted by atomic mass is 16.6. The van der Waals surface area contributed by atoms with Crippen LogP contribution in [0, 0.1) is 6.92 Å². The molecule has 1 atom stereocenters. The highest BCUT2D eigenvalue weighted by molar-refractivity contribution is 5.79. The Balaban J connectivity index is 1.47. The Morgan fingerprint density at radius 3 is 2.42 bits per heavy atom. The van der Waals surface area contributed by atoms with Crippen molar-refractivity contribution in [1.82, 2.24) is 0 Å². The van der Waals surface area contributed by atoms with Gasteiger partial charge in [0.05, 0.1) is 5.39 Å². The lowest BCUT2D eigenvalue weighted by Crippen LogP contribution is -2.28. The molecule has 0 spiro atoms. The number of esters is 1. The molecule has 33 heavy (non-hydrogen) atoms. The Kier molecular flexibility index (Phi) is 6.74. The van der Waals surface area contributed by atoms with E-state index in [1.54, 1.807) is 30.3 Å². The number of hydrogen-bond donors (Lipinski definition) is 0. The minimum atomic E-state index is -0.776. The van der Waals surface area contributed by atoms with E-state index in [0.29, 0.717) is 28.9 Å². The number of carbonyl (C=O) groups is 1. The van der Waals surface area contributed by atoms with Crippen molar-refractivity contribution in [1.29, 1.82) is 0 Å². The van der Waals surface area contributed by atoms with Crippen molar-refractivity contribution < 1.29 is 23.4 Å². The topological polar surface area (TPSA) is 75.0 Å². The third-order valence-corrected chi connectivity index (χ3v) is 5.10. The summed E-state index contributed by atoms with van der Waals surface area (Å²) in [5, 5.41) is 0.353. The molecule has 168 valence electrons. The van der Waals surface area contributed by atoms with Crippen molar-refractivity contribution >= 4 is 16.9 Å². The monoisotopic (exact) mass is 444 g/mol. The predicted octanol–water partition coefficient (Wildman–Crippen LogP) is 5.79. The average molecular weight is 444 g/mol. The zero-order chi connectivity index (χ0) is 23.2. The van der Waals surface area contributed by atoms with Crippen molar-refractivity contribution in [2.75, 3.05) is 0 Å². The molecule has 6 nitrogen and oxygen atoms in total. The van der Waals surface area contributed by atoms with E-state index in [0.717, 1.165) is 11.1 Å². The third-order valence-electron chi connectivity index (χ3n) is 5.10. The molecule has 0 bridgehead atoms. The Bertz CT molecular complexity index is 1290. The summed E-state index contributed by atoms with van der Waals surface area (Å²) >= 11 is 0. The van der Waals surface area contributed by atoms with Crippen LogP contribution >= 0.6 is 0 Å². The Morgan fingerprint density at radius 2 is 1.70 bits per heavy atom. The average Bonchev–Trinajstić information content (AvgIpc) is 2.84. The summed E-state index contributed by atoms with van der Waals surface area (Å²) in [7, 11) is 0. The summed E-state index contributed by atoms with van der Waals surface area (Å²) in [6.07, 6.45) is 0.931. The maximum Gasteiger partial charge on any atom is 0.347 e. The summed E-state index contributed by atoms with van der Waals surface area (Å²) in [5.74, 6) is 0.592. The van der Waals surface area contributed by atoms with Gasteiger partial charge in [-0.15, -0.1) is 0 Å². The maximum absolute atomic E-state index is 12.8. The zero-order valence-corrected chi connectivity index (χ0v) is 18.4. The molecule has 0 aliphatic rings. The van der Waals surface area contributed by atoms with Crippen LogP contribution in [-0.4, -0.2) is 12.1 Å². The first kappa shape index (κ1) is 22.1. The van der Waals surface area contributed by atoms with Crippen molar-refractivity contribution in [3.8, 4) is 17.2 Å². The largest absolute Gasteiger partial charge is 0.479 e. The van der Waals surface area contributed by atoms with Crippen molar-refractivity contribution in [2.24, 2.45) is 0 Å². The molecule has 0 radical (unpaired) electrons. The molecule has 4 aromatic rings. The number of aryl methyl sites for hydroxylation is 1. The van der Waals surface area contributed by atoms with Crippen LogP contribution in [0.15, 0.2) is 88.3 Å². The number of hydrogen-bond acceptors (Lipinski definition) is 6. The first-order chi connectivity index (χ1) is 16.0. The van der Waals surface area contributed by atoms with E-state index in [-0.39, 0.29) is 17.8 Å². The van der Waals surface area contributed by atoms with E-state index in [4.69, 9.17) is 18.6 Å². The fraction of sp³-hybridized carbons (Fsp3) is 0.185. The summed E-state index contributed by atoms with van der Waals surface area (Å²) in [5.41, 5.74) is 2.03. The fourth-order valence-electron chi connectivity index (χ4n) is 3.25. The van der Waals surface area contributed by atoms with Gasteiger partial charge >= 0.3 is 5.97 Å². The van der Waals surface area contributed by atoms with Gasteiger partial charge in [0.15, 0.2) is 6.10 Å². The molecule has 3 aromatic carbocycles. The van der Waals surface area contributed by atoms with Crippen LogP contribution in [0.1, 0.15) is 24.5 Å². The lowest BCUT2D eigenvalue weighted by Gasteiger charge is -2.17. The second-order valence-electron chi connectivity index (χ2n) is 7.61. The van der Waals surface area contributed by atoms with Gasteiger partial charge in [-0.1, -0.05) is 55.0 Å². The number of ether oxygens (including phenoxy) is 3. The number of rotatable bonds is 8. The Morgan fingerprint density at radius 1 is 0.970 bits per heavy atom. The molecule has 0 fully saturated rings. The van der Waals surface area contributed by atoms with Crippen LogP contribution in [0.4, 0.5) is 0 Å². The number of carbonyl (C=O) groups excluding carboxylic acids is 1. The lowest BCUT2D eigenvalue weighted by atomic mass is 10.2. The van der Waals surface area contributed by atoms with E-state index < -0.39 is 12.1 Å². The summed E-state index contributed by atoms with van der Waals surface area (Å²) in [4.78, 5) is 25.3. The van der Waals surface area contributed by atoms with Gasteiger partial charge in [0.25, 0.3) is 0 Å². The quantitative estimate of drug-likeness (QED) is 0.320. The summed E-state index contributed by atoms with van der Waals surface area (Å²) in [6, 6.07) is 21.6. The molecule has 0 saturated carbocycles. The molecule has 0 amide bonds. The molecule has 1 unspecified atom stereocenters. The van der Waals surface area contributed by atoms with Gasteiger partial charge in [0, 0.05) is 6.07 Å². The van der Waals surface area contributed by atoms with Crippen LogP contribution < -0.4 is 14.9 Å². The molecular weight excluding hydrogens is 420 g/mol. The van der Waals surface area contributed by atoms with Gasteiger partial charge in [-0.3, -0.25) is 4.79 Å². The highest BCUT2D eigenvalue weighted by Crippen LogP contribution is 2.25. The van der Waals surface area contributed by atoms with E-state index in [9.17, 15) is 9.59 Å². The molecule has 0 aliphatic heterocycles. The van der Waals surface area contributed by atoms with E-state index in [1.807, 2.05) is 56.3 Å². The summed E-state index contributed by atoms with van der Waals surface area (Å²) in [6.45, 7) is 3.99. The first-order valence-corrected chi connectivity index (χ1v) is 10.7. The van der Waals surface area contributed by atoms with Gasteiger partial charge in [0.2, 0.25) is 11.2 Å². The maximum atomic E-state index is 12.8. The molecule has 1 aromatic heterocycles. The number of fused-ring (bicyclic) bond motifs is 1. The van der Waals surface area contributed by atoms with Crippen LogP contribution in [0.2, 0.25) is 0 Å². The molecule has 0 aliphatic carbocycles. The van der Waals surface area contributed by atoms with Gasteiger partial charge < -0.3 is 18.6 Å². The molecule has 6 heteroatoms. The van der Waals surface area contributed by atoms with Crippen molar-refractivity contribution in [2.45, 2.75) is 33.0 Å². The fourth-order valence-corrected chi connectivity index (χ4v) is 3.25. The van der Waals surface area contributed by atoms with Crippen LogP contribution in [0.3, 0.4) is 0 Å². The van der Waals surface area contributed by atoms with E-state index in [2.05, 4.69) is 0 Å². The van der Waals surface area contributed by atoms with Gasteiger partial charge in [-0.2, -0.15) is 0 Å². The molecule has 0 saturated heterocycles.